The maximum Gasteiger partial charge on any atom is 0.306 e. The number of nitrogens with one attached hydrogen (secondary N) is 1. The number of rotatable bonds is 7. The second kappa shape index (κ2) is 7.32. The summed E-state index contributed by atoms with van der Waals surface area (Å²) in [4.78, 5) is 14.9. The molecular weight excluding hydrogens is 282 g/mol. The van der Waals surface area contributed by atoms with Crippen LogP contribution in [0.3, 0.4) is 0 Å². The number of esters is 1. The number of aromatic nitrogens is 1. The summed E-state index contributed by atoms with van der Waals surface area (Å²) in [5.74, 6) is -0.450. The van der Waals surface area contributed by atoms with Crippen LogP contribution in [0.15, 0.2) is 24.5 Å². The number of pyridine rings is 1. The quantitative estimate of drug-likeness (QED) is 0.740. The Morgan fingerprint density at radius 3 is 2.60 bits per heavy atom. The summed E-state index contributed by atoms with van der Waals surface area (Å²) in [7, 11) is -0.985. The largest absolute Gasteiger partial charge is 0.469 e. The molecule has 0 aliphatic heterocycles. The summed E-state index contributed by atoms with van der Waals surface area (Å²) in [6.45, 7) is 1.80. The van der Waals surface area contributed by atoms with E-state index in [1.54, 1.807) is 31.5 Å². The van der Waals surface area contributed by atoms with E-state index in [9.17, 15) is 13.2 Å². The average Bonchev–Trinajstić information content (AvgIpc) is 2.44. The lowest BCUT2D eigenvalue weighted by Gasteiger charge is -2.20. The van der Waals surface area contributed by atoms with Gasteiger partial charge in [0, 0.05) is 32.0 Å². The van der Waals surface area contributed by atoms with Gasteiger partial charge in [-0.2, -0.15) is 17.4 Å². The molecule has 8 heteroatoms. The van der Waals surface area contributed by atoms with Gasteiger partial charge in [-0.1, -0.05) is 0 Å². The molecular formula is C12H19N3O4S. The summed E-state index contributed by atoms with van der Waals surface area (Å²) in [5, 5.41) is 0. The van der Waals surface area contributed by atoms with E-state index in [2.05, 4.69) is 14.4 Å². The molecule has 1 N–H and O–H groups in total. The fourth-order valence-corrected chi connectivity index (χ4v) is 2.60. The van der Waals surface area contributed by atoms with Gasteiger partial charge in [-0.15, -0.1) is 0 Å². The molecule has 0 aliphatic rings. The Morgan fingerprint density at radius 1 is 1.45 bits per heavy atom. The number of carbonyl (C=O) groups excluding carboxylic acids is 1. The number of carbonyl (C=O) groups is 1. The molecule has 0 amide bonds. The maximum atomic E-state index is 12.1. The van der Waals surface area contributed by atoms with Crippen LogP contribution < -0.4 is 4.72 Å². The van der Waals surface area contributed by atoms with E-state index >= 15 is 0 Å². The molecule has 1 heterocycles. The predicted octanol–water partition coefficient (Wildman–Crippen LogP) is 0.472. The molecule has 0 spiro atoms. The van der Waals surface area contributed by atoms with E-state index < -0.39 is 16.2 Å². The first-order chi connectivity index (χ1) is 9.36. The van der Waals surface area contributed by atoms with Crippen LogP contribution >= 0.6 is 0 Å². The molecule has 1 rings (SSSR count). The minimum atomic E-state index is -3.66. The smallest absolute Gasteiger partial charge is 0.306 e. The van der Waals surface area contributed by atoms with Crippen molar-refractivity contribution in [1.82, 2.24) is 14.0 Å². The third-order valence-electron chi connectivity index (χ3n) is 2.80. The van der Waals surface area contributed by atoms with Crippen LogP contribution in [0.2, 0.25) is 0 Å². The molecule has 0 radical (unpaired) electrons. The SMILES string of the molecule is COC(=O)CCN(C)S(=O)(=O)N[C@@H](C)c1ccncc1. The number of hydrogen-bond acceptors (Lipinski definition) is 5. The Kier molecular flexibility index (Phi) is 6.05. The van der Waals surface area contributed by atoms with Crippen molar-refractivity contribution >= 4 is 16.2 Å². The van der Waals surface area contributed by atoms with E-state index in [0.717, 1.165) is 9.87 Å². The van der Waals surface area contributed by atoms with Gasteiger partial charge in [0.25, 0.3) is 10.2 Å². The second-order valence-electron chi connectivity index (χ2n) is 4.27. The van der Waals surface area contributed by atoms with Crippen molar-refractivity contribution in [2.24, 2.45) is 0 Å². The number of nitrogens with zero attached hydrogens (tertiary/aromatic N) is 2. The highest BCUT2D eigenvalue weighted by Crippen LogP contribution is 2.12. The topological polar surface area (TPSA) is 88.6 Å². The Labute approximate surface area is 119 Å². The monoisotopic (exact) mass is 301 g/mol. The highest BCUT2D eigenvalue weighted by Gasteiger charge is 2.21. The molecule has 1 aromatic heterocycles. The van der Waals surface area contributed by atoms with Gasteiger partial charge in [0.1, 0.15) is 0 Å². The standard InChI is InChI=1S/C12H19N3O4S/c1-10(11-4-7-13-8-5-11)14-20(17,18)15(2)9-6-12(16)19-3/h4-5,7-8,10,14H,6,9H2,1-3H3/t10-/m0/s1. The van der Waals surface area contributed by atoms with Gasteiger partial charge in [0.05, 0.1) is 13.5 Å². The van der Waals surface area contributed by atoms with Crippen molar-refractivity contribution in [3.63, 3.8) is 0 Å². The number of hydrogen-bond donors (Lipinski definition) is 1. The van der Waals surface area contributed by atoms with Crippen LogP contribution in [0.4, 0.5) is 0 Å². The lowest BCUT2D eigenvalue weighted by atomic mass is 10.1. The van der Waals surface area contributed by atoms with Gasteiger partial charge >= 0.3 is 5.97 Å². The van der Waals surface area contributed by atoms with Crippen molar-refractivity contribution in [2.45, 2.75) is 19.4 Å². The van der Waals surface area contributed by atoms with E-state index in [1.165, 1.54) is 14.2 Å². The summed E-state index contributed by atoms with van der Waals surface area (Å²) >= 11 is 0. The molecule has 0 saturated heterocycles. The van der Waals surface area contributed by atoms with Crippen molar-refractivity contribution in [2.75, 3.05) is 20.7 Å². The van der Waals surface area contributed by atoms with Gasteiger partial charge in [0.2, 0.25) is 0 Å². The maximum absolute atomic E-state index is 12.1. The molecule has 1 aromatic rings. The molecule has 0 fully saturated rings. The summed E-state index contributed by atoms with van der Waals surface area (Å²) in [6.07, 6.45) is 3.21. The Bertz CT molecular complexity index is 533. The normalized spacial score (nSPS) is 13.2. The van der Waals surface area contributed by atoms with Crippen LogP contribution in [0, 0.1) is 0 Å². The highest BCUT2D eigenvalue weighted by molar-refractivity contribution is 7.87. The summed E-state index contributed by atoms with van der Waals surface area (Å²) < 4.78 is 32.2. The number of ether oxygens (including phenoxy) is 1. The predicted molar refractivity (Wildman–Crippen MR) is 74.0 cm³/mol. The summed E-state index contributed by atoms with van der Waals surface area (Å²) in [6, 6.07) is 3.09. The van der Waals surface area contributed by atoms with Crippen molar-refractivity contribution in [3.05, 3.63) is 30.1 Å². The average molecular weight is 301 g/mol. The fourth-order valence-electron chi connectivity index (χ4n) is 1.50. The van der Waals surface area contributed by atoms with E-state index in [1.807, 2.05) is 0 Å². The van der Waals surface area contributed by atoms with E-state index in [4.69, 9.17) is 0 Å². The van der Waals surface area contributed by atoms with Crippen LogP contribution in [0.1, 0.15) is 24.9 Å². The molecule has 0 saturated carbocycles. The Morgan fingerprint density at radius 2 is 2.05 bits per heavy atom. The van der Waals surface area contributed by atoms with Crippen LogP contribution in [0.5, 0.6) is 0 Å². The zero-order valence-electron chi connectivity index (χ0n) is 11.7. The van der Waals surface area contributed by atoms with E-state index in [-0.39, 0.29) is 19.0 Å². The molecule has 20 heavy (non-hydrogen) atoms. The van der Waals surface area contributed by atoms with Crippen molar-refractivity contribution in [1.29, 1.82) is 0 Å². The minimum Gasteiger partial charge on any atom is -0.469 e. The third-order valence-corrected chi connectivity index (χ3v) is 4.46. The van der Waals surface area contributed by atoms with Crippen molar-refractivity contribution < 1.29 is 17.9 Å². The fraction of sp³-hybridized carbons (Fsp3) is 0.500. The third kappa shape index (κ3) is 4.87. The van der Waals surface area contributed by atoms with Gasteiger partial charge in [-0.05, 0) is 24.6 Å². The molecule has 112 valence electrons. The molecule has 1 atom stereocenters. The number of methoxy groups -OCH3 is 1. The first kappa shape index (κ1) is 16.5. The van der Waals surface area contributed by atoms with Gasteiger partial charge in [-0.3, -0.25) is 9.78 Å². The van der Waals surface area contributed by atoms with Gasteiger partial charge in [0.15, 0.2) is 0 Å². The Hall–Kier alpha value is -1.51. The molecule has 7 nitrogen and oxygen atoms in total. The lowest BCUT2D eigenvalue weighted by molar-refractivity contribution is -0.140. The molecule has 0 aliphatic carbocycles. The van der Waals surface area contributed by atoms with Crippen LogP contribution in [-0.2, 0) is 19.7 Å². The molecule has 0 unspecified atom stereocenters. The molecule has 0 bridgehead atoms. The van der Waals surface area contributed by atoms with Gasteiger partial charge in [-0.25, -0.2) is 0 Å². The molecule has 0 aromatic carbocycles. The highest BCUT2D eigenvalue weighted by atomic mass is 32.2. The van der Waals surface area contributed by atoms with Crippen molar-refractivity contribution in [3.8, 4) is 0 Å². The first-order valence-electron chi connectivity index (χ1n) is 6.07. The van der Waals surface area contributed by atoms with Crippen LogP contribution in [0.25, 0.3) is 0 Å². The van der Waals surface area contributed by atoms with Crippen LogP contribution in [-0.4, -0.2) is 44.4 Å². The minimum absolute atomic E-state index is 0.0115. The van der Waals surface area contributed by atoms with E-state index in [0.29, 0.717) is 0 Å². The van der Waals surface area contributed by atoms with Gasteiger partial charge < -0.3 is 4.74 Å². The lowest BCUT2D eigenvalue weighted by Crippen LogP contribution is -2.40. The first-order valence-corrected chi connectivity index (χ1v) is 7.51. The summed E-state index contributed by atoms with van der Waals surface area (Å²) in [5.41, 5.74) is 0.810. The Balaban J connectivity index is 2.62. The zero-order chi connectivity index (χ0) is 15.2. The second-order valence-corrected chi connectivity index (χ2v) is 6.08. The zero-order valence-corrected chi connectivity index (χ0v) is 12.6.